The van der Waals surface area contributed by atoms with Crippen molar-refractivity contribution in [3.8, 4) is 0 Å². The third kappa shape index (κ3) is 4.34. The maximum atomic E-state index is 11.9. The van der Waals surface area contributed by atoms with Gasteiger partial charge in [0.15, 0.2) is 0 Å². The predicted octanol–water partition coefficient (Wildman–Crippen LogP) is 1.97. The van der Waals surface area contributed by atoms with Crippen molar-refractivity contribution in [1.82, 2.24) is 5.32 Å². The Bertz CT molecular complexity index is 498. The summed E-state index contributed by atoms with van der Waals surface area (Å²) in [6, 6.07) is 4.06. The van der Waals surface area contributed by atoms with Crippen molar-refractivity contribution >= 4 is 17.6 Å². The molecule has 0 unspecified atom stereocenters. The van der Waals surface area contributed by atoms with E-state index in [1.54, 1.807) is 0 Å². The number of carbonyl (C=O) groups is 2. The lowest BCUT2D eigenvalue weighted by Crippen LogP contribution is -2.40. The van der Waals surface area contributed by atoms with Crippen LogP contribution < -0.4 is 5.32 Å². The normalized spacial score (nSPS) is 11.7. The Kier molecular flexibility index (Phi) is 5.64. The first-order valence-electron chi connectivity index (χ1n) is 6.23. The number of nitrogens with one attached hydrogen (secondary N) is 1. The number of nitro benzene ring substituents is 1. The zero-order valence-electron chi connectivity index (χ0n) is 11.0. The molecule has 1 aromatic carbocycles. The second-order valence-corrected chi connectivity index (χ2v) is 4.31. The minimum atomic E-state index is -1.09. The number of nitrogens with zero attached hydrogens (tertiary/aromatic N) is 1. The molecule has 0 bridgehead atoms. The molecule has 0 saturated carbocycles. The number of amides is 1. The van der Waals surface area contributed by atoms with E-state index >= 15 is 0 Å². The van der Waals surface area contributed by atoms with Crippen LogP contribution in [0.2, 0.25) is 0 Å². The van der Waals surface area contributed by atoms with Crippen LogP contribution in [0.1, 0.15) is 36.5 Å². The summed E-state index contributed by atoms with van der Waals surface area (Å²) in [5, 5.41) is 21.9. The summed E-state index contributed by atoms with van der Waals surface area (Å²) in [5.41, 5.74) is 0.0701. The van der Waals surface area contributed by atoms with Gasteiger partial charge in [-0.3, -0.25) is 14.9 Å². The monoisotopic (exact) mass is 280 g/mol. The Morgan fingerprint density at radius 2 is 1.95 bits per heavy atom. The van der Waals surface area contributed by atoms with Gasteiger partial charge in [0.25, 0.3) is 11.6 Å². The van der Waals surface area contributed by atoms with E-state index in [1.807, 2.05) is 6.92 Å². The van der Waals surface area contributed by atoms with Gasteiger partial charge in [0.05, 0.1) is 4.92 Å². The van der Waals surface area contributed by atoms with E-state index in [-0.39, 0.29) is 11.3 Å². The van der Waals surface area contributed by atoms with Gasteiger partial charge >= 0.3 is 5.97 Å². The maximum absolute atomic E-state index is 11.9. The molecule has 0 aromatic heterocycles. The van der Waals surface area contributed by atoms with Crippen LogP contribution in [0, 0.1) is 10.1 Å². The molecule has 1 amide bonds. The van der Waals surface area contributed by atoms with Gasteiger partial charge in [-0.2, -0.15) is 0 Å². The van der Waals surface area contributed by atoms with Gasteiger partial charge in [-0.15, -0.1) is 0 Å². The number of carboxylic acids is 1. The van der Waals surface area contributed by atoms with Crippen LogP contribution >= 0.6 is 0 Å². The number of carboxylic acid groups (broad SMARTS) is 1. The van der Waals surface area contributed by atoms with E-state index in [9.17, 15) is 19.7 Å². The van der Waals surface area contributed by atoms with Crippen LogP contribution in [-0.2, 0) is 4.79 Å². The number of unbranched alkanes of at least 4 members (excludes halogenated alkanes) is 1. The van der Waals surface area contributed by atoms with E-state index in [1.165, 1.54) is 24.3 Å². The minimum absolute atomic E-state index is 0.123. The summed E-state index contributed by atoms with van der Waals surface area (Å²) in [4.78, 5) is 32.8. The lowest BCUT2D eigenvalue weighted by Gasteiger charge is -2.13. The zero-order valence-corrected chi connectivity index (χ0v) is 11.0. The Hall–Kier alpha value is -2.44. The van der Waals surface area contributed by atoms with Gasteiger partial charge in [0.1, 0.15) is 6.04 Å². The number of hydrogen-bond acceptors (Lipinski definition) is 4. The van der Waals surface area contributed by atoms with Crippen molar-refractivity contribution in [2.45, 2.75) is 32.2 Å². The Labute approximate surface area is 115 Å². The van der Waals surface area contributed by atoms with Gasteiger partial charge in [0.2, 0.25) is 0 Å². The first kappa shape index (κ1) is 15.6. The summed E-state index contributed by atoms with van der Waals surface area (Å²) >= 11 is 0. The zero-order chi connectivity index (χ0) is 15.1. The number of nitro groups is 1. The molecule has 0 aliphatic heterocycles. The summed E-state index contributed by atoms with van der Waals surface area (Å²) < 4.78 is 0. The van der Waals surface area contributed by atoms with E-state index in [0.717, 1.165) is 6.42 Å². The molecule has 0 aliphatic rings. The standard InChI is InChI=1S/C13H16N2O5/c1-2-3-4-11(13(17)18)14-12(16)9-5-7-10(8-6-9)15(19)20/h5-8,11H,2-4H2,1H3,(H,14,16)(H,17,18)/t11-/m0/s1. The molecule has 0 fully saturated rings. The minimum Gasteiger partial charge on any atom is -0.480 e. The second-order valence-electron chi connectivity index (χ2n) is 4.31. The van der Waals surface area contributed by atoms with Crippen LogP contribution in [0.25, 0.3) is 0 Å². The molecule has 7 nitrogen and oxygen atoms in total. The molecule has 2 N–H and O–H groups in total. The number of hydrogen-bond donors (Lipinski definition) is 2. The summed E-state index contributed by atoms with van der Waals surface area (Å²) in [5.74, 6) is -1.64. The summed E-state index contributed by atoms with van der Waals surface area (Å²) in [6.07, 6.45) is 1.87. The fraction of sp³-hybridized carbons (Fsp3) is 0.385. The molecule has 0 spiro atoms. The van der Waals surface area contributed by atoms with Gasteiger partial charge in [-0.1, -0.05) is 19.8 Å². The molecular weight excluding hydrogens is 264 g/mol. The molecule has 0 heterocycles. The third-order valence-electron chi connectivity index (χ3n) is 2.79. The number of non-ortho nitro benzene ring substituents is 1. The smallest absolute Gasteiger partial charge is 0.326 e. The van der Waals surface area contributed by atoms with Gasteiger partial charge in [-0.25, -0.2) is 4.79 Å². The van der Waals surface area contributed by atoms with Gasteiger partial charge in [-0.05, 0) is 18.6 Å². The quantitative estimate of drug-likeness (QED) is 0.586. The second kappa shape index (κ2) is 7.22. The molecule has 1 rings (SSSR count). The van der Waals surface area contributed by atoms with E-state index in [4.69, 9.17) is 5.11 Å². The van der Waals surface area contributed by atoms with Crippen molar-refractivity contribution in [3.63, 3.8) is 0 Å². The lowest BCUT2D eigenvalue weighted by molar-refractivity contribution is -0.384. The topological polar surface area (TPSA) is 110 Å². The van der Waals surface area contributed by atoms with Crippen LogP contribution in [0.15, 0.2) is 24.3 Å². The number of benzene rings is 1. The lowest BCUT2D eigenvalue weighted by atomic mass is 10.1. The Morgan fingerprint density at radius 1 is 1.35 bits per heavy atom. The molecule has 20 heavy (non-hydrogen) atoms. The summed E-state index contributed by atoms with van der Waals surface area (Å²) in [6.45, 7) is 1.93. The third-order valence-corrected chi connectivity index (χ3v) is 2.79. The highest BCUT2D eigenvalue weighted by Gasteiger charge is 2.20. The molecule has 7 heteroatoms. The highest BCUT2D eigenvalue weighted by Crippen LogP contribution is 2.12. The average Bonchev–Trinajstić information content (AvgIpc) is 2.42. The fourth-order valence-corrected chi connectivity index (χ4v) is 1.64. The average molecular weight is 280 g/mol. The van der Waals surface area contributed by atoms with Gasteiger partial charge < -0.3 is 10.4 Å². The van der Waals surface area contributed by atoms with Crippen LogP contribution in [0.5, 0.6) is 0 Å². The number of rotatable bonds is 7. The van der Waals surface area contributed by atoms with Crippen LogP contribution in [-0.4, -0.2) is 27.9 Å². The molecule has 1 aromatic rings. The van der Waals surface area contributed by atoms with E-state index in [2.05, 4.69) is 5.32 Å². The van der Waals surface area contributed by atoms with Crippen molar-refractivity contribution in [2.24, 2.45) is 0 Å². The summed E-state index contributed by atoms with van der Waals surface area (Å²) in [7, 11) is 0. The largest absolute Gasteiger partial charge is 0.480 e. The predicted molar refractivity (Wildman–Crippen MR) is 71.5 cm³/mol. The van der Waals surface area contributed by atoms with Crippen molar-refractivity contribution in [2.75, 3.05) is 0 Å². The Morgan fingerprint density at radius 3 is 2.40 bits per heavy atom. The van der Waals surface area contributed by atoms with Crippen LogP contribution in [0.4, 0.5) is 5.69 Å². The first-order valence-corrected chi connectivity index (χ1v) is 6.23. The van der Waals surface area contributed by atoms with Crippen molar-refractivity contribution in [1.29, 1.82) is 0 Å². The van der Waals surface area contributed by atoms with Crippen LogP contribution in [0.3, 0.4) is 0 Å². The molecule has 1 atom stereocenters. The van der Waals surface area contributed by atoms with Crippen molar-refractivity contribution in [3.05, 3.63) is 39.9 Å². The molecule has 0 radical (unpaired) electrons. The highest BCUT2D eigenvalue weighted by molar-refractivity contribution is 5.96. The SMILES string of the molecule is CCCC[C@H](NC(=O)c1ccc([N+](=O)[O-])cc1)C(=O)O. The number of carbonyl (C=O) groups excluding carboxylic acids is 1. The molecular formula is C13H16N2O5. The highest BCUT2D eigenvalue weighted by atomic mass is 16.6. The fourth-order valence-electron chi connectivity index (χ4n) is 1.64. The first-order chi connectivity index (χ1) is 9.45. The maximum Gasteiger partial charge on any atom is 0.326 e. The number of aliphatic carboxylic acids is 1. The molecule has 108 valence electrons. The molecule has 0 saturated heterocycles. The van der Waals surface area contributed by atoms with E-state index in [0.29, 0.717) is 12.8 Å². The van der Waals surface area contributed by atoms with E-state index < -0.39 is 22.8 Å². The van der Waals surface area contributed by atoms with Crippen molar-refractivity contribution < 1.29 is 19.6 Å². The van der Waals surface area contributed by atoms with Gasteiger partial charge in [0, 0.05) is 17.7 Å². The molecule has 0 aliphatic carbocycles. The Balaban J connectivity index is 2.73.